The van der Waals surface area contributed by atoms with E-state index in [1.165, 1.54) is 27.5 Å². The van der Waals surface area contributed by atoms with E-state index in [0.717, 1.165) is 25.7 Å². The van der Waals surface area contributed by atoms with Crippen LogP contribution in [0.1, 0.15) is 67.0 Å². The summed E-state index contributed by atoms with van der Waals surface area (Å²) in [5, 5.41) is 24.5. The number of rotatable bonds is 5. The van der Waals surface area contributed by atoms with Gasteiger partial charge in [-0.3, -0.25) is 24.3 Å². The minimum Gasteiger partial charge on any atom is -0.502 e. The minimum atomic E-state index is -1.54. The Labute approximate surface area is 230 Å². The Balaban J connectivity index is 1.48. The highest BCUT2D eigenvalue weighted by Gasteiger charge is 2.42. The predicted molar refractivity (Wildman–Crippen MR) is 140 cm³/mol. The Bertz CT molecular complexity index is 1360. The summed E-state index contributed by atoms with van der Waals surface area (Å²) in [6.07, 6.45) is 0.632. The van der Waals surface area contributed by atoms with Crippen LogP contribution in [0.5, 0.6) is 5.75 Å². The summed E-state index contributed by atoms with van der Waals surface area (Å²) < 4.78 is 28.7. The first-order valence-electron chi connectivity index (χ1n) is 13.7. The number of halogens is 2. The molecule has 1 aromatic heterocycles. The average molecular weight is 560 g/mol. The number of aromatic nitrogens is 2. The Kier molecular flexibility index (Phi) is 7.92. The zero-order valence-corrected chi connectivity index (χ0v) is 22.6. The van der Waals surface area contributed by atoms with Crippen LogP contribution in [-0.4, -0.2) is 67.7 Å². The van der Waals surface area contributed by atoms with Gasteiger partial charge in [-0.05, 0) is 68.1 Å². The van der Waals surface area contributed by atoms with Crippen LogP contribution in [-0.2, 0) is 22.7 Å². The highest BCUT2D eigenvalue weighted by atomic mass is 19.1. The van der Waals surface area contributed by atoms with Crippen LogP contribution in [0, 0.1) is 24.6 Å². The second-order valence-electron chi connectivity index (χ2n) is 11.3. The lowest BCUT2D eigenvalue weighted by molar-refractivity contribution is -0.153. The molecule has 2 unspecified atom stereocenters. The summed E-state index contributed by atoms with van der Waals surface area (Å²) in [5.74, 6) is -2.40. The maximum absolute atomic E-state index is 13.7. The van der Waals surface area contributed by atoms with Crippen LogP contribution < -0.4 is 10.9 Å². The molecule has 10 nitrogen and oxygen atoms in total. The van der Waals surface area contributed by atoms with Crippen molar-refractivity contribution >= 4 is 11.8 Å². The molecule has 4 heterocycles. The number of amides is 2. The Hall–Kier alpha value is -3.38. The van der Waals surface area contributed by atoms with Gasteiger partial charge in [0.05, 0.1) is 12.6 Å². The zero-order chi connectivity index (χ0) is 28.7. The third-order valence-corrected chi connectivity index (χ3v) is 8.56. The van der Waals surface area contributed by atoms with E-state index in [2.05, 4.69) is 10.3 Å². The molecule has 4 aliphatic rings. The largest absolute Gasteiger partial charge is 0.502 e. The van der Waals surface area contributed by atoms with E-state index in [1.807, 2.05) is 0 Å². The van der Waals surface area contributed by atoms with E-state index in [0.29, 0.717) is 17.7 Å². The molecule has 2 bridgehead atoms. The van der Waals surface area contributed by atoms with Crippen LogP contribution in [0.2, 0.25) is 0 Å². The minimum absolute atomic E-state index is 0.103. The quantitative estimate of drug-likeness (QED) is 0.378. The fraction of sp³-hybridized carbons (Fsp3) is 0.571. The Morgan fingerprint density at radius 3 is 2.58 bits per heavy atom. The topological polar surface area (TPSA) is 128 Å². The molecule has 2 fully saturated rings. The number of benzene rings is 1. The molecule has 6 rings (SSSR count). The van der Waals surface area contributed by atoms with Crippen LogP contribution >= 0.6 is 0 Å². The molecular formula is C28H35F2N5O5. The second-order valence-corrected chi connectivity index (χ2v) is 11.3. The summed E-state index contributed by atoms with van der Waals surface area (Å²) in [6.45, 7) is 2.05. The van der Waals surface area contributed by atoms with E-state index < -0.39 is 41.6 Å². The van der Waals surface area contributed by atoms with Gasteiger partial charge in [-0.2, -0.15) is 0 Å². The van der Waals surface area contributed by atoms with Crippen LogP contribution in [0.15, 0.2) is 23.0 Å². The molecule has 1 aliphatic carbocycles. The molecule has 216 valence electrons. The van der Waals surface area contributed by atoms with Gasteiger partial charge in [-0.25, -0.2) is 13.8 Å². The number of aliphatic hydroxyl groups is 1. The lowest BCUT2D eigenvalue weighted by atomic mass is 9.76. The van der Waals surface area contributed by atoms with Crippen molar-refractivity contribution in [3.05, 3.63) is 57.0 Å². The molecule has 3 atom stereocenters. The third kappa shape index (κ3) is 5.34. The number of nitrogens with one attached hydrogen (secondary N) is 1. The van der Waals surface area contributed by atoms with Gasteiger partial charge in [0, 0.05) is 26.7 Å². The van der Waals surface area contributed by atoms with Gasteiger partial charge in [0.1, 0.15) is 23.5 Å². The molecule has 0 spiro atoms. The van der Waals surface area contributed by atoms with Crippen molar-refractivity contribution in [3.8, 4) is 5.75 Å². The van der Waals surface area contributed by atoms with E-state index >= 15 is 0 Å². The predicted octanol–water partition coefficient (Wildman–Crippen LogP) is 2.07. The molecule has 1 saturated heterocycles. The number of likely N-dealkylation sites (N-methyl/N-ethyl adjacent to an activating group) is 1. The first-order valence-corrected chi connectivity index (χ1v) is 13.7. The molecule has 0 radical (unpaired) electrons. The fourth-order valence-electron chi connectivity index (χ4n) is 6.26. The number of carbonyl (C=O) groups excluding carboxylic acids is 2. The van der Waals surface area contributed by atoms with Gasteiger partial charge in [0.25, 0.3) is 5.56 Å². The molecule has 1 aromatic carbocycles. The summed E-state index contributed by atoms with van der Waals surface area (Å²) in [7, 11) is 1.48. The van der Waals surface area contributed by atoms with Crippen molar-refractivity contribution in [3.63, 3.8) is 0 Å². The van der Waals surface area contributed by atoms with Gasteiger partial charge in [0.2, 0.25) is 5.75 Å². The van der Waals surface area contributed by atoms with Gasteiger partial charge in [-0.15, -0.1) is 0 Å². The lowest BCUT2D eigenvalue weighted by Crippen LogP contribution is -2.49. The maximum Gasteiger partial charge on any atom is 0.312 e. The third-order valence-electron chi connectivity index (χ3n) is 8.56. The van der Waals surface area contributed by atoms with Gasteiger partial charge >= 0.3 is 11.8 Å². The van der Waals surface area contributed by atoms with Crippen molar-refractivity contribution < 1.29 is 28.6 Å². The molecule has 2 amide bonds. The molecule has 2 aromatic rings. The van der Waals surface area contributed by atoms with Crippen molar-refractivity contribution in [2.45, 2.75) is 70.6 Å². The Morgan fingerprint density at radius 1 is 1.20 bits per heavy atom. The fourth-order valence-corrected chi connectivity index (χ4v) is 6.26. The van der Waals surface area contributed by atoms with Crippen LogP contribution in [0.4, 0.5) is 8.78 Å². The number of hydrogen-bond acceptors (Lipinski definition) is 7. The first kappa shape index (κ1) is 28.2. The SMILES string of the molecule is Cc1cc(CNC(O)c2nc3n(c(=O)c2O)CC2CCC(CC2)C3N(C)C(=O)C(=O)N2CC[C@@H](F)C2)ccc1F. The van der Waals surface area contributed by atoms with Crippen molar-refractivity contribution in [1.82, 2.24) is 24.7 Å². The standard InChI is InChI=1S/C28H35F2N5O5/c1-15-11-17(5-8-20(15)30)12-31-25(37)21-23(36)26(38)35-13-16-3-6-18(7-4-16)22(24(35)32-21)33(2)27(39)28(40)34-10-9-19(29)14-34/h5,8,11,16,18-19,22,25,31,36-37H,3-4,6-7,9-10,12-14H2,1-2H3/t16?,18?,19-,22?,25?/m1/s1. The van der Waals surface area contributed by atoms with Crippen LogP contribution in [0.3, 0.4) is 0 Å². The Morgan fingerprint density at radius 2 is 1.93 bits per heavy atom. The van der Waals surface area contributed by atoms with E-state index in [9.17, 15) is 33.4 Å². The van der Waals surface area contributed by atoms with Crippen LogP contribution in [0.25, 0.3) is 0 Å². The van der Waals surface area contributed by atoms with Crippen molar-refractivity contribution in [2.75, 3.05) is 20.1 Å². The molecule has 12 heteroatoms. The normalized spacial score (nSPS) is 24.8. The maximum atomic E-state index is 13.7. The number of aromatic hydroxyl groups is 1. The zero-order valence-electron chi connectivity index (χ0n) is 22.6. The number of nitrogens with zero attached hydrogens (tertiary/aromatic N) is 4. The molecule has 40 heavy (non-hydrogen) atoms. The van der Waals surface area contributed by atoms with Gasteiger partial charge < -0.3 is 20.0 Å². The monoisotopic (exact) mass is 559 g/mol. The number of carbonyl (C=O) groups is 2. The van der Waals surface area contributed by atoms with E-state index in [-0.39, 0.29) is 55.2 Å². The highest BCUT2D eigenvalue weighted by Crippen LogP contribution is 2.42. The van der Waals surface area contributed by atoms with Gasteiger partial charge in [0.15, 0.2) is 6.23 Å². The number of hydrogen-bond donors (Lipinski definition) is 3. The molecular weight excluding hydrogens is 524 g/mol. The van der Waals surface area contributed by atoms with Crippen molar-refractivity contribution in [1.29, 1.82) is 0 Å². The highest BCUT2D eigenvalue weighted by molar-refractivity contribution is 6.35. The first-order chi connectivity index (χ1) is 19.0. The number of alkyl halides is 1. The second kappa shape index (κ2) is 11.2. The number of aliphatic hydroxyl groups excluding tert-OH is 1. The van der Waals surface area contributed by atoms with E-state index in [4.69, 9.17) is 0 Å². The molecule has 1 saturated carbocycles. The molecule has 3 N–H and O–H groups in total. The van der Waals surface area contributed by atoms with E-state index in [1.54, 1.807) is 19.1 Å². The summed E-state index contributed by atoms with van der Waals surface area (Å²) >= 11 is 0. The van der Waals surface area contributed by atoms with Gasteiger partial charge in [-0.1, -0.05) is 12.1 Å². The smallest absolute Gasteiger partial charge is 0.312 e. The summed E-state index contributed by atoms with van der Waals surface area (Å²) in [5.41, 5.74) is 0.0913. The average Bonchev–Trinajstić information content (AvgIpc) is 3.37. The summed E-state index contributed by atoms with van der Waals surface area (Å²) in [6, 6.07) is 3.73. The number of fused-ring (bicyclic) bond motifs is 2. The number of likely N-dealkylation sites (tertiary alicyclic amines) is 1. The number of aryl methyl sites for hydroxylation is 1. The summed E-state index contributed by atoms with van der Waals surface area (Å²) in [4.78, 5) is 46.8. The lowest BCUT2D eigenvalue weighted by Gasteiger charge is -2.42. The molecule has 3 aliphatic heterocycles. The van der Waals surface area contributed by atoms with Crippen molar-refractivity contribution in [2.24, 2.45) is 11.8 Å².